The molecule has 3 nitrogen and oxygen atoms in total. The van der Waals surface area contributed by atoms with Crippen LogP contribution in [0, 0.1) is 5.92 Å². The highest BCUT2D eigenvalue weighted by Gasteiger charge is 2.15. The first-order valence-electron chi connectivity index (χ1n) is 5.91. The van der Waals surface area contributed by atoms with E-state index in [0.717, 1.165) is 31.3 Å². The second-order valence-corrected chi connectivity index (χ2v) is 4.44. The molecule has 0 spiro atoms. The molecule has 0 amide bonds. The summed E-state index contributed by atoms with van der Waals surface area (Å²) in [6.07, 6.45) is 6.36. The van der Waals surface area contributed by atoms with Gasteiger partial charge in [0.1, 0.15) is 5.65 Å². The van der Waals surface area contributed by atoms with Crippen LogP contribution in [0.2, 0.25) is 0 Å². The predicted molar refractivity (Wildman–Crippen MR) is 63.3 cm³/mol. The van der Waals surface area contributed by atoms with Crippen LogP contribution in [0.1, 0.15) is 12.8 Å². The highest BCUT2D eigenvalue weighted by molar-refractivity contribution is 5.75. The zero-order valence-corrected chi connectivity index (χ0v) is 9.30. The maximum atomic E-state index is 5.38. The molecule has 2 aromatic rings. The van der Waals surface area contributed by atoms with Gasteiger partial charge in [-0.25, -0.2) is 4.98 Å². The average molecular weight is 216 g/mol. The van der Waals surface area contributed by atoms with E-state index in [2.05, 4.69) is 27.9 Å². The molecular formula is C13H16N2O. The second kappa shape index (κ2) is 4.26. The molecule has 0 radical (unpaired) electrons. The van der Waals surface area contributed by atoms with Crippen molar-refractivity contribution in [1.82, 2.24) is 9.55 Å². The smallest absolute Gasteiger partial charge is 0.139 e. The standard InChI is InChI=1S/C13H16N2O/c1-2-12-3-7-15(13(12)14-6-1)10-11-4-8-16-9-5-11/h1-3,6-7,11H,4-5,8-10H2. The van der Waals surface area contributed by atoms with E-state index in [-0.39, 0.29) is 0 Å². The summed E-state index contributed by atoms with van der Waals surface area (Å²) in [6.45, 7) is 2.90. The fourth-order valence-electron chi connectivity index (χ4n) is 2.37. The summed E-state index contributed by atoms with van der Waals surface area (Å²) in [7, 11) is 0. The molecule has 2 aromatic heterocycles. The molecule has 1 saturated heterocycles. The summed E-state index contributed by atoms with van der Waals surface area (Å²) in [5, 5.41) is 1.23. The van der Waals surface area contributed by atoms with Crippen molar-refractivity contribution in [2.75, 3.05) is 13.2 Å². The van der Waals surface area contributed by atoms with Crippen molar-refractivity contribution in [2.45, 2.75) is 19.4 Å². The highest BCUT2D eigenvalue weighted by Crippen LogP contribution is 2.20. The topological polar surface area (TPSA) is 27.1 Å². The van der Waals surface area contributed by atoms with Gasteiger partial charge in [-0.1, -0.05) is 0 Å². The van der Waals surface area contributed by atoms with Crippen molar-refractivity contribution >= 4 is 11.0 Å². The Kier molecular flexibility index (Phi) is 2.62. The SMILES string of the molecule is c1cnc2c(c1)ccn2CC1CCOCC1. The predicted octanol–water partition coefficient (Wildman–Crippen LogP) is 2.46. The lowest BCUT2D eigenvalue weighted by Crippen LogP contribution is -2.20. The summed E-state index contributed by atoms with van der Waals surface area (Å²) < 4.78 is 7.65. The quantitative estimate of drug-likeness (QED) is 0.771. The number of pyridine rings is 1. The molecule has 0 bridgehead atoms. The van der Waals surface area contributed by atoms with Crippen LogP contribution in [0.4, 0.5) is 0 Å². The van der Waals surface area contributed by atoms with E-state index in [9.17, 15) is 0 Å². The van der Waals surface area contributed by atoms with Gasteiger partial charge in [-0.05, 0) is 37.0 Å². The Balaban J connectivity index is 1.83. The third-order valence-corrected chi connectivity index (χ3v) is 3.32. The van der Waals surface area contributed by atoms with Crippen LogP contribution in [0.15, 0.2) is 30.6 Å². The molecule has 3 heteroatoms. The molecule has 0 aliphatic carbocycles. The highest BCUT2D eigenvalue weighted by atomic mass is 16.5. The van der Waals surface area contributed by atoms with Crippen molar-refractivity contribution in [1.29, 1.82) is 0 Å². The van der Waals surface area contributed by atoms with Crippen molar-refractivity contribution in [3.63, 3.8) is 0 Å². The average Bonchev–Trinajstić information content (AvgIpc) is 2.74. The van der Waals surface area contributed by atoms with E-state index >= 15 is 0 Å². The molecule has 0 atom stereocenters. The van der Waals surface area contributed by atoms with Crippen LogP contribution < -0.4 is 0 Å². The first kappa shape index (κ1) is 9.85. The lowest BCUT2D eigenvalue weighted by Gasteiger charge is -2.22. The molecule has 3 rings (SSSR count). The number of hydrogen-bond donors (Lipinski definition) is 0. The van der Waals surface area contributed by atoms with Crippen molar-refractivity contribution < 1.29 is 4.74 Å². The van der Waals surface area contributed by atoms with Gasteiger partial charge in [-0.2, -0.15) is 0 Å². The van der Waals surface area contributed by atoms with Gasteiger partial charge < -0.3 is 9.30 Å². The fourth-order valence-corrected chi connectivity index (χ4v) is 2.37. The van der Waals surface area contributed by atoms with Gasteiger partial charge in [0.15, 0.2) is 0 Å². The molecule has 1 aliphatic rings. The number of nitrogens with zero attached hydrogens (tertiary/aromatic N) is 2. The zero-order chi connectivity index (χ0) is 10.8. The molecule has 3 heterocycles. The number of rotatable bonds is 2. The summed E-state index contributed by atoms with van der Waals surface area (Å²) in [5.41, 5.74) is 1.11. The maximum Gasteiger partial charge on any atom is 0.139 e. The number of fused-ring (bicyclic) bond motifs is 1. The van der Waals surface area contributed by atoms with Crippen molar-refractivity contribution in [3.8, 4) is 0 Å². The largest absolute Gasteiger partial charge is 0.381 e. The van der Waals surface area contributed by atoms with E-state index in [1.54, 1.807) is 0 Å². The molecule has 16 heavy (non-hydrogen) atoms. The van der Waals surface area contributed by atoms with E-state index in [4.69, 9.17) is 4.74 Å². The van der Waals surface area contributed by atoms with Crippen LogP contribution in [-0.4, -0.2) is 22.8 Å². The molecule has 0 aromatic carbocycles. The third-order valence-electron chi connectivity index (χ3n) is 3.32. The molecule has 1 aliphatic heterocycles. The Morgan fingerprint density at radius 2 is 2.19 bits per heavy atom. The minimum Gasteiger partial charge on any atom is -0.381 e. The molecule has 1 fully saturated rings. The fraction of sp³-hybridized carbons (Fsp3) is 0.462. The number of hydrogen-bond acceptors (Lipinski definition) is 2. The van der Waals surface area contributed by atoms with E-state index in [0.29, 0.717) is 0 Å². The van der Waals surface area contributed by atoms with Gasteiger partial charge in [0.2, 0.25) is 0 Å². The van der Waals surface area contributed by atoms with Crippen molar-refractivity contribution in [2.24, 2.45) is 5.92 Å². The molecule has 0 saturated carbocycles. The van der Waals surface area contributed by atoms with Gasteiger partial charge in [-0.15, -0.1) is 0 Å². The normalized spacial score (nSPS) is 18.0. The zero-order valence-electron chi connectivity index (χ0n) is 9.30. The molecule has 0 N–H and O–H groups in total. The molecular weight excluding hydrogens is 200 g/mol. The minimum absolute atomic E-state index is 0.742. The van der Waals surface area contributed by atoms with Crippen LogP contribution in [0.3, 0.4) is 0 Å². The molecule has 0 unspecified atom stereocenters. The van der Waals surface area contributed by atoms with Crippen LogP contribution >= 0.6 is 0 Å². The molecule has 84 valence electrons. The van der Waals surface area contributed by atoms with Gasteiger partial charge in [0.25, 0.3) is 0 Å². The monoisotopic (exact) mass is 216 g/mol. The summed E-state index contributed by atoms with van der Waals surface area (Å²) in [6, 6.07) is 6.24. The maximum absolute atomic E-state index is 5.38. The van der Waals surface area contributed by atoms with Gasteiger partial charge in [-0.3, -0.25) is 0 Å². The van der Waals surface area contributed by atoms with E-state index < -0.39 is 0 Å². The summed E-state index contributed by atoms with van der Waals surface area (Å²) >= 11 is 0. The van der Waals surface area contributed by atoms with Gasteiger partial charge >= 0.3 is 0 Å². The Labute approximate surface area is 95.0 Å². The van der Waals surface area contributed by atoms with Crippen molar-refractivity contribution in [3.05, 3.63) is 30.6 Å². The Morgan fingerprint density at radius 3 is 3.06 bits per heavy atom. The lowest BCUT2D eigenvalue weighted by molar-refractivity contribution is 0.0616. The lowest BCUT2D eigenvalue weighted by atomic mass is 10.0. The van der Waals surface area contributed by atoms with Crippen LogP contribution in [-0.2, 0) is 11.3 Å². The van der Waals surface area contributed by atoms with Gasteiger partial charge in [0.05, 0.1) is 0 Å². The third kappa shape index (κ3) is 1.83. The Morgan fingerprint density at radius 1 is 1.31 bits per heavy atom. The second-order valence-electron chi connectivity index (χ2n) is 4.44. The van der Waals surface area contributed by atoms with Gasteiger partial charge in [0, 0.05) is 37.5 Å². The Hall–Kier alpha value is -1.35. The minimum atomic E-state index is 0.742. The summed E-state index contributed by atoms with van der Waals surface area (Å²) in [5.74, 6) is 0.742. The van der Waals surface area contributed by atoms with E-state index in [1.807, 2.05) is 12.3 Å². The van der Waals surface area contributed by atoms with Crippen LogP contribution in [0.25, 0.3) is 11.0 Å². The number of ether oxygens (including phenoxy) is 1. The first-order chi connectivity index (χ1) is 7.93. The first-order valence-corrected chi connectivity index (χ1v) is 5.91. The summed E-state index contributed by atoms with van der Waals surface area (Å²) in [4.78, 5) is 4.44. The van der Waals surface area contributed by atoms with E-state index in [1.165, 1.54) is 18.2 Å². The Bertz CT molecular complexity index is 471. The van der Waals surface area contributed by atoms with Crippen LogP contribution in [0.5, 0.6) is 0 Å². The number of aromatic nitrogens is 2.